The molecule has 15 nitrogen and oxygen atoms in total. The van der Waals surface area contributed by atoms with Crippen molar-refractivity contribution in [2.24, 2.45) is 23.7 Å². The summed E-state index contributed by atoms with van der Waals surface area (Å²) in [6.07, 6.45) is 10.1. The van der Waals surface area contributed by atoms with Gasteiger partial charge >= 0.3 is 12.2 Å². The summed E-state index contributed by atoms with van der Waals surface area (Å²) in [5.74, 6) is 2.23. The third-order valence-corrected chi connectivity index (χ3v) is 17.9. The van der Waals surface area contributed by atoms with E-state index in [1.54, 1.807) is 0 Å². The highest BCUT2D eigenvalue weighted by atomic mass is 16.5. The van der Waals surface area contributed by atoms with Crippen molar-refractivity contribution in [1.82, 2.24) is 45.3 Å². The smallest absolute Gasteiger partial charge is 0.407 e. The molecule has 2 aromatic heterocycles. The number of hydrogen-bond acceptors (Lipinski definition) is 9. The number of rotatable bonds is 14. The van der Waals surface area contributed by atoms with Crippen molar-refractivity contribution in [2.45, 2.75) is 140 Å². The number of piperidine rings is 3. The van der Waals surface area contributed by atoms with Gasteiger partial charge in [0.1, 0.15) is 23.7 Å². The number of carbonyl (C=O) groups is 4. The first kappa shape index (κ1) is 45.6. The van der Waals surface area contributed by atoms with Crippen molar-refractivity contribution in [3.8, 4) is 44.8 Å². The molecule has 4 amide bonds. The van der Waals surface area contributed by atoms with Crippen LogP contribution in [0.25, 0.3) is 44.8 Å². The fourth-order valence-electron chi connectivity index (χ4n) is 13.5. The molecule has 4 saturated heterocycles. The highest BCUT2D eigenvalue weighted by molar-refractivity contribution is 5.88. The fraction of sp³-hybridized carbons (Fsp3) is 0.500. The Kier molecular flexibility index (Phi) is 11.0. The van der Waals surface area contributed by atoms with E-state index < -0.39 is 24.3 Å². The molecule has 0 radical (unpaired) electrons. The van der Waals surface area contributed by atoms with Crippen LogP contribution < -0.4 is 10.6 Å². The molecule has 2 saturated carbocycles. The van der Waals surface area contributed by atoms with E-state index in [0.717, 1.165) is 85.5 Å². The number of nitrogens with one attached hydrogen (secondary N) is 4. The summed E-state index contributed by atoms with van der Waals surface area (Å²) in [5.41, 5.74) is 12.0. The van der Waals surface area contributed by atoms with E-state index in [9.17, 15) is 19.2 Å². The molecule has 2 aliphatic carbocycles. The number of fused-ring (bicyclic) bond motifs is 5. The number of ether oxygens (including phenoxy) is 2. The minimum atomic E-state index is -0.662. The first-order valence-electron chi connectivity index (χ1n) is 25.9. The van der Waals surface area contributed by atoms with Crippen LogP contribution >= 0.6 is 0 Å². The third-order valence-electron chi connectivity index (χ3n) is 17.9. The zero-order valence-corrected chi connectivity index (χ0v) is 41.7. The standard InChI is InChI=1S/C56H65N9O6/c1-8-28(3)48(61-54(68)70-6)52(66)63-40-20-34(40)22-42(63)50-57-26-38(59-50)32-14-10-30(11-15-32)36-18-19-37(47-45-25-56(5)24-44(46(36)47)65(45)56)31-12-16-33(17-13-31)39-27-58-51(60-39)43-23-35-21-41(35)64(43)53(67)49(29(4)9-2)62-55(69)71-7/h10-19,26-29,34-35,40-45,48-49H,8-9,20-25H2,1-7H3,(H,57,59)(H,58,60)(H,61,68)(H,62,69)/t28?,29?,34?,35?,40?,41?,42-,43-,44?,45?,48-,49-,56?/m0/s1. The van der Waals surface area contributed by atoms with Gasteiger partial charge in [-0.05, 0) is 114 Å². The maximum atomic E-state index is 14.1. The average molecular weight is 960 g/mol. The molecular weight excluding hydrogens is 895 g/mol. The Balaban J connectivity index is 0.777. The second-order valence-corrected chi connectivity index (χ2v) is 22.0. The maximum Gasteiger partial charge on any atom is 0.407 e. The van der Waals surface area contributed by atoms with Crippen LogP contribution in [-0.2, 0) is 19.1 Å². The van der Waals surface area contributed by atoms with Crippen molar-refractivity contribution < 1.29 is 28.7 Å². The topological polar surface area (TPSA) is 178 Å². The number of aromatic amines is 2. The van der Waals surface area contributed by atoms with E-state index in [2.05, 4.69) is 93.1 Å². The summed E-state index contributed by atoms with van der Waals surface area (Å²) in [5, 5.41) is 5.64. The molecule has 7 heterocycles. The number of benzene rings is 3. The van der Waals surface area contributed by atoms with E-state index >= 15 is 0 Å². The van der Waals surface area contributed by atoms with Gasteiger partial charge in [0.05, 0.1) is 50.1 Å². The number of hydrogen-bond donors (Lipinski definition) is 4. The number of likely N-dealkylation sites (tertiary alicyclic amines) is 2. The first-order valence-corrected chi connectivity index (χ1v) is 25.9. The zero-order chi connectivity index (χ0) is 49.2. The van der Waals surface area contributed by atoms with Crippen LogP contribution in [0, 0.1) is 23.7 Å². The number of imidazole rings is 2. The summed E-state index contributed by atoms with van der Waals surface area (Å²) >= 11 is 0. The van der Waals surface area contributed by atoms with Crippen molar-refractivity contribution >= 4 is 24.0 Å². The third kappa shape index (κ3) is 7.38. The predicted molar refractivity (Wildman–Crippen MR) is 267 cm³/mol. The lowest BCUT2D eigenvalue weighted by Gasteiger charge is -2.65. The minimum absolute atomic E-state index is 0.0464. The number of amides is 4. The van der Waals surface area contributed by atoms with Gasteiger partial charge in [-0.2, -0.15) is 0 Å². The van der Waals surface area contributed by atoms with Crippen LogP contribution in [0.2, 0.25) is 0 Å². The van der Waals surface area contributed by atoms with Gasteiger partial charge in [-0.25, -0.2) is 19.6 Å². The molecule has 5 aliphatic heterocycles. The Morgan fingerprint density at radius 2 is 1.01 bits per heavy atom. The Labute approximate surface area is 414 Å². The molecule has 370 valence electrons. The Morgan fingerprint density at radius 3 is 1.38 bits per heavy atom. The van der Waals surface area contributed by atoms with E-state index in [4.69, 9.17) is 19.4 Å². The van der Waals surface area contributed by atoms with Crippen molar-refractivity contribution in [3.63, 3.8) is 0 Å². The van der Waals surface area contributed by atoms with Crippen molar-refractivity contribution in [3.05, 3.63) is 95.8 Å². The summed E-state index contributed by atoms with van der Waals surface area (Å²) in [4.78, 5) is 76.4. The number of H-pyrrole nitrogens is 2. The highest BCUT2D eigenvalue weighted by Gasteiger charge is 2.66. The zero-order valence-electron chi connectivity index (χ0n) is 41.7. The van der Waals surface area contributed by atoms with Gasteiger partial charge in [-0.3, -0.25) is 14.5 Å². The number of alkyl carbamates (subject to hydrolysis) is 2. The number of methoxy groups -OCH3 is 2. The molecule has 3 aromatic carbocycles. The Morgan fingerprint density at radius 1 is 0.620 bits per heavy atom. The van der Waals surface area contributed by atoms with Crippen LogP contribution in [0.15, 0.2) is 73.1 Å². The molecule has 8 unspecified atom stereocenters. The molecule has 15 heteroatoms. The second kappa shape index (κ2) is 17.1. The summed E-state index contributed by atoms with van der Waals surface area (Å²) in [7, 11) is 2.65. The van der Waals surface area contributed by atoms with Gasteiger partial charge in [0.15, 0.2) is 0 Å². The van der Waals surface area contributed by atoms with Crippen LogP contribution in [0.1, 0.15) is 133 Å². The number of aromatic nitrogens is 4. The predicted octanol–water partition coefficient (Wildman–Crippen LogP) is 9.63. The van der Waals surface area contributed by atoms with Gasteiger partial charge in [0.25, 0.3) is 0 Å². The Bertz CT molecular complexity index is 2740. The second-order valence-electron chi connectivity index (χ2n) is 22.0. The van der Waals surface area contributed by atoms with E-state index in [-0.39, 0.29) is 53.4 Å². The molecule has 71 heavy (non-hydrogen) atoms. The molecule has 12 rings (SSSR count). The SMILES string of the molecule is CCC(C)[C@H](NC(=O)OC)C(=O)N1C2CC2C[C@H]1c1ncc(-c2ccc(-c3ccc(-c4ccc(-c5cnc([C@@H]6CC7CC7N6C(=O)[C@@H](NC(=O)OC)C(C)CC)[nH]5)cc4)c4c3C3CC5(C)CC4N35)cc2)[nH]1. The first-order chi connectivity index (χ1) is 34.3. The summed E-state index contributed by atoms with van der Waals surface area (Å²) in [6, 6.07) is 21.7. The number of nitrogens with zero attached hydrogens (tertiary/aromatic N) is 5. The maximum absolute atomic E-state index is 14.1. The summed E-state index contributed by atoms with van der Waals surface area (Å²) < 4.78 is 9.78. The fourth-order valence-corrected chi connectivity index (χ4v) is 13.5. The lowest BCUT2D eigenvalue weighted by Crippen LogP contribution is -2.66. The van der Waals surface area contributed by atoms with Gasteiger partial charge < -0.3 is 39.9 Å². The normalized spacial score (nSPS) is 28.8. The molecule has 4 N–H and O–H groups in total. The molecule has 7 aliphatic rings. The van der Waals surface area contributed by atoms with Gasteiger partial charge in [-0.15, -0.1) is 0 Å². The summed E-state index contributed by atoms with van der Waals surface area (Å²) in [6.45, 7) is 10.5. The van der Waals surface area contributed by atoms with Gasteiger partial charge in [-0.1, -0.05) is 101 Å². The average Bonchev–Trinajstić information content (AvgIpc) is 3.93. The quantitative estimate of drug-likeness (QED) is 0.0844. The largest absolute Gasteiger partial charge is 0.453 e. The molecule has 0 spiro atoms. The van der Waals surface area contributed by atoms with Gasteiger partial charge in [0.2, 0.25) is 11.8 Å². The van der Waals surface area contributed by atoms with E-state index in [1.807, 2.05) is 49.9 Å². The Hall–Kier alpha value is -6.48. The van der Waals surface area contributed by atoms with E-state index in [1.165, 1.54) is 47.6 Å². The highest BCUT2D eigenvalue weighted by Crippen LogP contribution is 2.71. The van der Waals surface area contributed by atoms with E-state index in [0.29, 0.717) is 23.9 Å². The van der Waals surface area contributed by atoms with Crippen LogP contribution in [-0.4, -0.2) is 103 Å². The van der Waals surface area contributed by atoms with Crippen LogP contribution in [0.3, 0.4) is 0 Å². The molecule has 6 fully saturated rings. The number of carbonyl (C=O) groups excluding carboxylic acids is 4. The van der Waals surface area contributed by atoms with Crippen LogP contribution in [0.4, 0.5) is 9.59 Å². The van der Waals surface area contributed by atoms with Crippen molar-refractivity contribution in [1.29, 1.82) is 0 Å². The monoisotopic (exact) mass is 960 g/mol. The molecular formula is C56H65N9O6. The minimum Gasteiger partial charge on any atom is -0.453 e. The van der Waals surface area contributed by atoms with Crippen molar-refractivity contribution in [2.75, 3.05) is 14.2 Å². The molecule has 0 bridgehead atoms. The molecule has 5 aromatic rings. The van der Waals surface area contributed by atoms with Crippen LogP contribution in [0.5, 0.6) is 0 Å². The lowest BCUT2D eigenvalue weighted by atomic mass is 9.68. The van der Waals surface area contributed by atoms with Gasteiger partial charge in [0, 0.05) is 29.7 Å². The molecule has 12 atom stereocenters. The lowest BCUT2D eigenvalue weighted by molar-refractivity contribution is -0.177.